The fraction of sp³-hybridized carbons (Fsp3) is 0.296. The standard InChI is InChI=1S/C27H31N7O5S/c1-7-14-38-24(25-28-15-17(2)16-29-25)18(3)40-39-33-27-32-31-26(19-10-8-13-22(30-19)37-6)34(27)23-20(35-4)11-9-12-21(23)36-5/h7-13,15-16,18,24H,1,14H2,2-6H3,(H,32,33). The molecule has 2 unspecified atom stereocenters. The minimum absolute atomic E-state index is 0.216. The van der Waals surface area contributed by atoms with Gasteiger partial charge in [-0.2, -0.15) is 0 Å². The number of methoxy groups -OCH3 is 3. The van der Waals surface area contributed by atoms with Gasteiger partial charge in [0.2, 0.25) is 5.88 Å². The molecule has 0 spiro atoms. The third-order valence-corrected chi connectivity index (χ3v) is 6.39. The van der Waals surface area contributed by atoms with Crippen molar-refractivity contribution in [2.45, 2.75) is 25.2 Å². The average molecular weight is 566 g/mol. The van der Waals surface area contributed by atoms with Gasteiger partial charge in [0.05, 0.1) is 33.2 Å². The zero-order valence-electron chi connectivity index (χ0n) is 22.9. The van der Waals surface area contributed by atoms with Gasteiger partial charge in [-0.1, -0.05) is 18.2 Å². The van der Waals surface area contributed by atoms with Crippen LogP contribution in [0.4, 0.5) is 5.95 Å². The Hall–Kier alpha value is -4.20. The maximum atomic E-state index is 5.96. The number of aromatic nitrogens is 6. The highest BCUT2D eigenvalue weighted by Crippen LogP contribution is 2.38. The Bertz CT molecular complexity index is 1390. The number of anilines is 1. The predicted molar refractivity (Wildman–Crippen MR) is 152 cm³/mol. The summed E-state index contributed by atoms with van der Waals surface area (Å²) in [4.78, 5) is 13.4. The zero-order valence-corrected chi connectivity index (χ0v) is 23.7. The molecule has 2 atom stereocenters. The molecule has 0 aliphatic carbocycles. The first-order valence-electron chi connectivity index (χ1n) is 12.3. The van der Waals surface area contributed by atoms with Gasteiger partial charge in [-0.15, -0.1) is 16.8 Å². The quantitative estimate of drug-likeness (QED) is 0.128. The minimum Gasteiger partial charge on any atom is -0.494 e. The van der Waals surface area contributed by atoms with Crippen LogP contribution >= 0.6 is 12.0 Å². The van der Waals surface area contributed by atoms with E-state index >= 15 is 0 Å². The summed E-state index contributed by atoms with van der Waals surface area (Å²) in [6, 6.07) is 10.8. The summed E-state index contributed by atoms with van der Waals surface area (Å²) in [6.45, 7) is 7.95. The van der Waals surface area contributed by atoms with E-state index in [-0.39, 0.29) is 11.2 Å². The highest BCUT2D eigenvalue weighted by Gasteiger charge is 2.26. The molecule has 0 aliphatic heterocycles. The van der Waals surface area contributed by atoms with Crippen molar-refractivity contribution >= 4 is 18.0 Å². The van der Waals surface area contributed by atoms with Crippen molar-refractivity contribution in [3.05, 3.63) is 72.8 Å². The first kappa shape index (κ1) is 28.8. The summed E-state index contributed by atoms with van der Waals surface area (Å²) >= 11 is 1.13. The largest absolute Gasteiger partial charge is 0.494 e. The van der Waals surface area contributed by atoms with E-state index in [1.54, 1.807) is 56.5 Å². The molecule has 13 heteroatoms. The van der Waals surface area contributed by atoms with Crippen molar-refractivity contribution < 1.29 is 23.2 Å². The number of benzene rings is 1. The number of aryl methyl sites for hydroxylation is 1. The molecule has 12 nitrogen and oxygen atoms in total. The van der Waals surface area contributed by atoms with E-state index < -0.39 is 6.10 Å². The maximum Gasteiger partial charge on any atom is 0.254 e. The second-order valence-corrected chi connectivity index (χ2v) is 9.51. The number of para-hydroxylation sites is 1. The molecule has 1 aromatic carbocycles. The van der Waals surface area contributed by atoms with Crippen molar-refractivity contribution in [3.63, 3.8) is 0 Å². The Morgan fingerprint density at radius 2 is 1.70 bits per heavy atom. The lowest BCUT2D eigenvalue weighted by molar-refractivity contribution is 0.0677. The van der Waals surface area contributed by atoms with E-state index in [4.69, 9.17) is 23.2 Å². The lowest BCUT2D eigenvalue weighted by Gasteiger charge is -2.22. The van der Waals surface area contributed by atoms with Crippen molar-refractivity contribution in [2.75, 3.05) is 33.4 Å². The van der Waals surface area contributed by atoms with Gasteiger partial charge in [0.15, 0.2) is 11.6 Å². The minimum atomic E-state index is -0.450. The van der Waals surface area contributed by atoms with Gasteiger partial charge in [0.25, 0.3) is 5.95 Å². The summed E-state index contributed by atoms with van der Waals surface area (Å²) in [5.41, 5.74) is 4.93. The Labute approximate surface area is 236 Å². The SMILES string of the molecule is C=CCOC(c1ncc(C)cn1)C(C)SONc1nnc(-c2cccc(OC)n2)n1-c1c(OC)cccc1OC. The molecule has 4 rings (SSSR count). The molecular formula is C27H31N7O5S. The summed E-state index contributed by atoms with van der Waals surface area (Å²) in [7, 11) is 4.69. The topological polar surface area (TPSA) is 128 Å². The van der Waals surface area contributed by atoms with E-state index in [2.05, 4.69) is 37.2 Å². The molecule has 0 radical (unpaired) electrons. The van der Waals surface area contributed by atoms with Crippen molar-refractivity contribution in [2.24, 2.45) is 0 Å². The van der Waals surface area contributed by atoms with Gasteiger partial charge in [0, 0.05) is 30.5 Å². The van der Waals surface area contributed by atoms with Gasteiger partial charge >= 0.3 is 0 Å². The Morgan fingerprint density at radius 3 is 2.35 bits per heavy atom. The zero-order chi connectivity index (χ0) is 28.5. The molecular weight excluding hydrogens is 534 g/mol. The lowest BCUT2D eigenvalue weighted by Crippen LogP contribution is -2.20. The molecule has 0 aliphatic rings. The molecule has 3 heterocycles. The summed E-state index contributed by atoms with van der Waals surface area (Å²) < 4.78 is 30.1. The van der Waals surface area contributed by atoms with Crippen molar-refractivity contribution in [1.82, 2.24) is 29.7 Å². The van der Waals surface area contributed by atoms with E-state index in [9.17, 15) is 0 Å². The van der Waals surface area contributed by atoms with Crippen LogP contribution in [0.3, 0.4) is 0 Å². The lowest BCUT2D eigenvalue weighted by atomic mass is 10.2. The van der Waals surface area contributed by atoms with Crippen LogP contribution in [0, 0.1) is 6.92 Å². The van der Waals surface area contributed by atoms with Crippen molar-refractivity contribution in [3.8, 4) is 34.6 Å². The maximum absolute atomic E-state index is 5.96. The number of rotatable bonds is 14. The molecule has 0 saturated heterocycles. The van der Waals surface area contributed by atoms with Crippen LogP contribution < -0.4 is 19.7 Å². The second kappa shape index (κ2) is 13.7. The number of nitrogens with one attached hydrogen (secondary N) is 1. The molecule has 0 fully saturated rings. The Kier molecular flexibility index (Phi) is 9.89. The average Bonchev–Trinajstić information content (AvgIpc) is 3.41. The van der Waals surface area contributed by atoms with Crippen LogP contribution in [0.5, 0.6) is 17.4 Å². The highest BCUT2D eigenvalue weighted by atomic mass is 32.2. The summed E-state index contributed by atoms with van der Waals surface area (Å²) in [5, 5.41) is 8.52. The van der Waals surface area contributed by atoms with Crippen LogP contribution in [-0.2, 0) is 9.02 Å². The van der Waals surface area contributed by atoms with Crippen LogP contribution in [-0.4, -0.2) is 62.9 Å². The van der Waals surface area contributed by atoms with Gasteiger partial charge < -0.3 is 18.9 Å². The fourth-order valence-electron chi connectivity index (χ4n) is 3.76. The summed E-state index contributed by atoms with van der Waals surface area (Å²) in [6.07, 6.45) is 4.73. The Morgan fingerprint density at radius 1 is 1.00 bits per heavy atom. The fourth-order valence-corrected chi connectivity index (χ4v) is 4.34. The monoisotopic (exact) mass is 565 g/mol. The number of pyridine rings is 1. The first-order valence-corrected chi connectivity index (χ1v) is 13.1. The smallest absolute Gasteiger partial charge is 0.254 e. The summed E-state index contributed by atoms with van der Waals surface area (Å²) in [5.74, 6) is 2.70. The normalized spacial score (nSPS) is 12.4. The Balaban J connectivity index is 1.65. The van der Waals surface area contributed by atoms with E-state index in [1.807, 2.05) is 38.1 Å². The number of hydrogen-bond donors (Lipinski definition) is 1. The molecule has 0 saturated carbocycles. The van der Waals surface area contributed by atoms with Gasteiger partial charge in [-0.3, -0.25) is 4.57 Å². The predicted octanol–water partition coefficient (Wildman–Crippen LogP) is 4.78. The molecule has 0 bridgehead atoms. The van der Waals surface area contributed by atoms with Gasteiger partial charge in [-0.05, 0) is 37.6 Å². The van der Waals surface area contributed by atoms with Crippen LogP contribution in [0.2, 0.25) is 0 Å². The molecule has 1 N–H and O–H groups in total. The van der Waals surface area contributed by atoms with E-state index in [1.165, 1.54) is 0 Å². The van der Waals surface area contributed by atoms with Crippen LogP contribution in [0.1, 0.15) is 24.4 Å². The molecule has 40 heavy (non-hydrogen) atoms. The molecule has 0 amide bonds. The van der Waals surface area contributed by atoms with Crippen LogP contribution in [0.25, 0.3) is 17.2 Å². The highest BCUT2D eigenvalue weighted by molar-refractivity contribution is 7.95. The van der Waals surface area contributed by atoms with E-state index in [0.29, 0.717) is 47.0 Å². The molecule has 210 valence electrons. The number of nitrogens with zero attached hydrogens (tertiary/aromatic N) is 6. The second-order valence-electron chi connectivity index (χ2n) is 8.41. The van der Waals surface area contributed by atoms with E-state index in [0.717, 1.165) is 17.6 Å². The first-order chi connectivity index (χ1) is 19.5. The molecule has 3 aromatic heterocycles. The number of ether oxygens (including phenoxy) is 4. The van der Waals surface area contributed by atoms with Crippen molar-refractivity contribution in [1.29, 1.82) is 0 Å². The van der Waals surface area contributed by atoms with Crippen LogP contribution in [0.15, 0.2) is 61.4 Å². The number of hydrogen-bond acceptors (Lipinski definition) is 12. The van der Waals surface area contributed by atoms with Gasteiger partial charge in [-0.25, -0.2) is 24.7 Å². The third-order valence-electron chi connectivity index (χ3n) is 5.66. The molecule has 4 aromatic rings. The third kappa shape index (κ3) is 6.50. The van der Waals surface area contributed by atoms with Gasteiger partial charge in [0.1, 0.15) is 29.0 Å².